The van der Waals surface area contributed by atoms with Crippen LogP contribution in [0.15, 0.2) is 91.0 Å². The Morgan fingerprint density at radius 2 is 1.44 bits per heavy atom. The Labute approximate surface area is 160 Å². The fourth-order valence-electron chi connectivity index (χ4n) is 2.67. The van der Waals surface area contributed by atoms with E-state index in [2.05, 4.69) is 53.9 Å². The summed E-state index contributed by atoms with van der Waals surface area (Å²) in [5.74, 6) is 0. The summed E-state index contributed by atoms with van der Waals surface area (Å²) in [6.45, 7) is 0.836. The van der Waals surface area contributed by atoms with E-state index in [1.807, 2.05) is 48.5 Å². The summed E-state index contributed by atoms with van der Waals surface area (Å²) in [5.41, 5.74) is 4.54. The summed E-state index contributed by atoms with van der Waals surface area (Å²) in [4.78, 5) is 11.7. The maximum absolute atomic E-state index is 11.7. The Bertz CT molecular complexity index is 856. The summed E-state index contributed by atoms with van der Waals surface area (Å²) in [5, 5.41) is 2.76. The lowest BCUT2D eigenvalue weighted by molar-refractivity contribution is 0.140. The highest BCUT2D eigenvalue weighted by Crippen LogP contribution is 2.19. The zero-order valence-corrected chi connectivity index (χ0v) is 15.2. The van der Waals surface area contributed by atoms with Crippen molar-refractivity contribution in [1.82, 2.24) is 5.32 Å². The minimum Gasteiger partial charge on any atom is -0.445 e. The molecule has 0 spiro atoms. The molecule has 27 heavy (non-hydrogen) atoms. The fourth-order valence-corrected chi connectivity index (χ4v) is 2.67. The van der Waals surface area contributed by atoms with E-state index in [0.717, 1.165) is 17.5 Å². The lowest BCUT2D eigenvalue weighted by atomic mass is 10.0. The first-order valence-electron chi connectivity index (χ1n) is 9.08. The molecule has 0 saturated carbocycles. The number of carbonyl (C=O) groups is 1. The molecule has 0 radical (unpaired) electrons. The molecule has 0 atom stereocenters. The summed E-state index contributed by atoms with van der Waals surface area (Å²) >= 11 is 0. The molecule has 0 unspecified atom stereocenters. The van der Waals surface area contributed by atoms with Crippen molar-refractivity contribution in [2.75, 3.05) is 6.54 Å². The molecule has 0 heterocycles. The van der Waals surface area contributed by atoms with Crippen LogP contribution in [0.4, 0.5) is 4.79 Å². The van der Waals surface area contributed by atoms with Gasteiger partial charge in [-0.1, -0.05) is 97.1 Å². The van der Waals surface area contributed by atoms with Gasteiger partial charge in [-0.15, -0.1) is 0 Å². The maximum atomic E-state index is 11.7. The first-order valence-corrected chi connectivity index (χ1v) is 9.08. The van der Waals surface area contributed by atoms with Crippen LogP contribution in [0, 0.1) is 0 Å². The Balaban J connectivity index is 1.37. The molecule has 0 aliphatic rings. The van der Waals surface area contributed by atoms with Gasteiger partial charge in [0.2, 0.25) is 0 Å². The van der Waals surface area contributed by atoms with Gasteiger partial charge in [0.25, 0.3) is 0 Å². The van der Waals surface area contributed by atoms with E-state index in [1.165, 1.54) is 11.1 Å². The molecule has 0 aliphatic heterocycles. The minimum atomic E-state index is -0.389. The predicted octanol–water partition coefficient (Wildman–Crippen LogP) is 5.68. The number of benzene rings is 3. The van der Waals surface area contributed by atoms with Crippen molar-refractivity contribution in [2.24, 2.45) is 0 Å². The summed E-state index contributed by atoms with van der Waals surface area (Å²) in [6, 6.07) is 28.4. The average Bonchev–Trinajstić information content (AvgIpc) is 2.74. The van der Waals surface area contributed by atoms with Crippen LogP contribution < -0.4 is 5.32 Å². The molecular weight excluding hydrogens is 334 g/mol. The molecular formula is C24H23NO2. The lowest BCUT2D eigenvalue weighted by Gasteiger charge is -2.06. The number of rotatable bonds is 7. The Hall–Kier alpha value is -3.33. The number of hydrogen-bond donors (Lipinski definition) is 1. The zero-order valence-electron chi connectivity index (χ0n) is 15.2. The molecule has 3 nitrogen and oxygen atoms in total. The highest BCUT2D eigenvalue weighted by Gasteiger charge is 2.00. The molecule has 0 bridgehead atoms. The van der Waals surface area contributed by atoms with Gasteiger partial charge >= 0.3 is 6.09 Å². The fraction of sp³-hybridized carbons (Fsp3) is 0.125. The number of nitrogens with one attached hydrogen (secondary N) is 1. The van der Waals surface area contributed by atoms with Crippen LogP contribution in [-0.2, 0) is 11.3 Å². The molecule has 136 valence electrons. The van der Waals surface area contributed by atoms with E-state index in [1.54, 1.807) is 0 Å². The molecule has 3 aromatic rings. The first-order chi connectivity index (χ1) is 13.3. The van der Waals surface area contributed by atoms with Crippen molar-refractivity contribution in [2.45, 2.75) is 13.0 Å². The van der Waals surface area contributed by atoms with Crippen molar-refractivity contribution in [3.8, 4) is 11.1 Å². The third kappa shape index (κ3) is 6.15. The molecule has 3 aromatic carbocycles. The molecule has 3 heteroatoms. The van der Waals surface area contributed by atoms with Gasteiger partial charge in [-0.05, 0) is 28.7 Å². The standard InChI is InChI=1S/C24H23NO2/c26-24(27-19-21-10-3-1-4-11-21)25-18-8-7-9-20-14-16-23(17-15-20)22-12-5-2-6-13-22/h1-7,9-17H,8,18-19H2,(H,25,26). The number of carbonyl (C=O) groups excluding carboxylic acids is 1. The molecule has 1 N–H and O–H groups in total. The summed E-state index contributed by atoms with van der Waals surface area (Å²) in [7, 11) is 0. The van der Waals surface area contributed by atoms with E-state index in [-0.39, 0.29) is 12.7 Å². The van der Waals surface area contributed by atoms with Crippen molar-refractivity contribution < 1.29 is 9.53 Å². The van der Waals surface area contributed by atoms with Gasteiger partial charge in [0, 0.05) is 6.54 Å². The largest absolute Gasteiger partial charge is 0.445 e. The third-order valence-corrected chi connectivity index (χ3v) is 4.12. The highest BCUT2D eigenvalue weighted by atomic mass is 16.5. The Morgan fingerprint density at radius 1 is 0.815 bits per heavy atom. The molecule has 0 aromatic heterocycles. The normalized spacial score (nSPS) is 10.7. The molecule has 0 fully saturated rings. The van der Waals surface area contributed by atoms with Crippen molar-refractivity contribution in [3.05, 3.63) is 102 Å². The van der Waals surface area contributed by atoms with Gasteiger partial charge in [-0.3, -0.25) is 0 Å². The van der Waals surface area contributed by atoms with Gasteiger partial charge < -0.3 is 10.1 Å². The number of amides is 1. The van der Waals surface area contributed by atoms with E-state index < -0.39 is 0 Å². The van der Waals surface area contributed by atoms with Crippen molar-refractivity contribution in [1.29, 1.82) is 0 Å². The maximum Gasteiger partial charge on any atom is 0.407 e. The van der Waals surface area contributed by atoms with Crippen LogP contribution in [0.5, 0.6) is 0 Å². The second-order valence-electron chi connectivity index (χ2n) is 6.17. The Kier molecular flexibility index (Phi) is 6.82. The SMILES string of the molecule is O=C(NCCC=Cc1ccc(-c2ccccc2)cc1)OCc1ccccc1. The van der Waals surface area contributed by atoms with Crippen LogP contribution in [0.25, 0.3) is 17.2 Å². The molecule has 1 amide bonds. The van der Waals surface area contributed by atoms with Crippen molar-refractivity contribution in [3.63, 3.8) is 0 Å². The van der Waals surface area contributed by atoms with Gasteiger partial charge in [-0.25, -0.2) is 4.79 Å². The van der Waals surface area contributed by atoms with Crippen LogP contribution in [0.1, 0.15) is 17.5 Å². The predicted molar refractivity (Wildman–Crippen MR) is 110 cm³/mol. The molecule has 0 saturated heterocycles. The van der Waals surface area contributed by atoms with Gasteiger partial charge in [0.15, 0.2) is 0 Å². The third-order valence-electron chi connectivity index (χ3n) is 4.12. The second-order valence-corrected chi connectivity index (χ2v) is 6.17. The minimum absolute atomic E-state index is 0.288. The van der Waals surface area contributed by atoms with Gasteiger partial charge in [0.1, 0.15) is 6.61 Å². The molecule has 3 rings (SSSR count). The summed E-state index contributed by atoms with van der Waals surface area (Å²) < 4.78 is 5.17. The first kappa shape index (κ1) is 18.5. The number of alkyl carbamates (subject to hydrolysis) is 1. The quantitative estimate of drug-likeness (QED) is 0.552. The van der Waals surface area contributed by atoms with Gasteiger partial charge in [0.05, 0.1) is 0 Å². The lowest BCUT2D eigenvalue weighted by Crippen LogP contribution is -2.24. The van der Waals surface area contributed by atoms with Crippen LogP contribution >= 0.6 is 0 Å². The van der Waals surface area contributed by atoms with E-state index >= 15 is 0 Å². The average molecular weight is 357 g/mol. The van der Waals surface area contributed by atoms with Gasteiger partial charge in [-0.2, -0.15) is 0 Å². The number of hydrogen-bond acceptors (Lipinski definition) is 2. The van der Waals surface area contributed by atoms with Crippen molar-refractivity contribution >= 4 is 12.2 Å². The second kappa shape index (κ2) is 9.97. The molecule has 0 aliphatic carbocycles. The van der Waals surface area contributed by atoms with Crippen LogP contribution in [0.2, 0.25) is 0 Å². The number of ether oxygens (including phenoxy) is 1. The monoisotopic (exact) mass is 357 g/mol. The highest BCUT2D eigenvalue weighted by molar-refractivity contribution is 5.67. The zero-order chi connectivity index (χ0) is 18.7. The van der Waals surface area contributed by atoms with E-state index in [0.29, 0.717) is 6.54 Å². The van der Waals surface area contributed by atoms with Crippen LogP contribution in [-0.4, -0.2) is 12.6 Å². The Morgan fingerprint density at radius 3 is 2.15 bits per heavy atom. The van der Waals surface area contributed by atoms with E-state index in [9.17, 15) is 4.79 Å². The summed E-state index contributed by atoms with van der Waals surface area (Å²) in [6.07, 6.45) is 4.47. The topological polar surface area (TPSA) is 38.3 Å². The smallest absolute Gasteiger partial charge is 0.407 e. The van der Waals surface area contributed by atoms with Crippen LogP contribution in [0.3, 0.4) is 0 Å². The van der Waals surface area contributed by atoms with E-state index in [4.69, 9.17) is 4.74 Å².